The first-order valence-electron chi connectivity index (χ1n) is 5.77. The molecule has 0 amide bonds. The Morgan fingerprint density at radius 2 is 1.62 bits per heavy atom. The molecule has 0 unspecified atom stereocenters. The fourth-order valence-electron chi connectivity index (χ4n) is 2.10. The van der Waals surface area contributed by atoms with Crippen LogP contribution in [0.5, 0.6) is 0 Å². The minimum atomic E-state index is 0.0254. The topological polar surface area (TPSA) is 15.7 Å². The first-order valence-corrected chi connectivity index (χ1v) is 5.77. The monoisotopic (exact) mass is 220 g/mol. The summed E-state index contributed by atoms with van der Waals surface area (Å²) in [7, 11) is 4.12. The van der Waals surface area contributed by atoms with E-state index in [9.17, 15) is 0 Å². The molecule has 1 aromatic rings. The molecular formula is C13H20N2O. The van der Waals surface area contributed by atoms with Crippen molar-refractivity contribution in [3.05, 3.63) is 35.9 Å². The van der Waals surface area contributed by atoms with Gasteiger partial charge in [0, 0.05) is 19.1 Å². The number of hydroxylamine groups is 2. The summed E-state index contributed by atoms with van der Waals surface area (Å²) in [6.45, 7) is 4.42. The second kappa shape index (κ2) is 4.53. The van der Waals surface area contributed by atoms with Crippen molar-refractivity contribution in [2.24, 2.45) is 0 Å². The van der Waals surface area contributed by atoms with Crippen molar-refractivity contribution in [1.29, 1.82) is 0 Å². The van der Waals surface area contributed by atoms with Gasteiger partial charge in [-0.05, 0) is 26.5 Å². The van der Waals surface area contributed by atoms with Crippen LogP contribution < -0.4 is 0 Å². The lowest BCUT2D eigenvalue weighted by atomic mass is 10.1. The molecule has 0 radical (unpaired) electrons. The molecule has 1 aliphatic rings. The number of nitrogens with zero attached hydrogens (tertiary/aromatic N) is 2. The number of hydrogen-bond donors (Lipinski definition) is 0. The highest BCUT2D eigenvalue weighted by Gasteiger charge is 2.34. The Kier molecular flexibility index (Phi) is 3.28. The molecule has 0 spiro atoms. The van der Waals surface area contributed by atoms with Crippen LogP contribution in [0.2, 0.25) is 0 Å². The minimum Gasteiger partial charge on any atom is -0.275 e. The lowest BCUT2D eigenvalue weighted by Crippen LogP contribution is -2.54. The predicted octanol–water partition coefficient (Wildman–Crippen LogP) is 2.27. The van der Waals surface area contributed by atoms with E-state index >= 15 is 0 Å². The van der Waals surface area contributed by atoms with Crippen LogP contribution >= 0.6 is 0 Å². The van der Waals surface area contributed by atoms with Crippen molar-refractivity contribution >= 4 is 0 Å². The molecule has 3 heteroatoms. The van der Waals surface area contributed by atoms with Gasteiger partial charge in [-0.1, -0.05) is 30.3 Å². The molecule has 1 aromatic carbocycles. The first kappa shape index (κ1) is 11.6. The van der Waals surface area contributed by atoms with Crippen LogP contribution in [0.3, 0.4) is 0 Å². The van der Waals surface area contributed by atoms with Gasteiger partial charge in [-0.15, -0.1) is 0 Å². The molecule has 16 heavy (non-hydrogen) atoms. The van der Waals surface area contributed by atoms with Crippen molar-refractivity contribution < 1.29 is 4.84 Å². The summed E-state index contributed by atoms with van der Waals surface area (Å²) in [4.78, 5) is 8.20. The van der Waals surface area contributed by atoms with E-state index in [4.69, 9.17) is 4.84 Å². The van der Waals surface area contributed by atoms with E-state index in [-0.39, 0.29) is 6.23 Å². The SMILES string of the molecule is C[C@@H]1[C@@H](C)N(C)[C@@H](c2ccccc2)ON1C. The van der Waals surface area contributed by atoms with E-state index in [1.807, 2.05) is 18.2 Å². The van der Waals surface area contributed by atoms with E-state index in [1.54, 1.807) is 0 Å². The fourth-order valence-corrected chi connectivity index (χ4v) is 2.10. The summed E-state index contributed by atoms with van der Waals surface area (Å²) < 4.78 is 0. The standard InChI is InChI=1S/C13H20N2O/c1-10-11(2)15(4)16-13(14(10)3)12-8-6-5-7-9-12/h5-11,13H,1-4H3/t10-,11-,13-/m1/s1. The second-order valence-electron chi connectivity index (χ2n) is 4.56. The zero-order chi connectivity index (χ0) is 11.7. The van der Waals surface area contributed by atoms with Crippen LogP contribution in [0.15, 0.2) is 30.3 Å². The number of hydrogen-bond acceptors (Lipinski definition) is 3. The Balaban J connectivity index is 2.23. The number of rotatable bonds is 1. The van der Waals surface area contributed by atoms with Gasteiger partial charge in [0.2, 0.25) is 0 Å². The van der Waals surface area contributed by atoms with Gasteiger partial charge in [0.1, 0.15) is 0 Å². The van der Waals surface area contributed by atoms with Crippen LogP contribution in [-0.2, 0) is 4.84 Å². The van der Waals surface area contributed by atoms with Crippen molar-refractivity contribution in [2.75, 3.05) is 14.1 Å². The van der Waals surface area contributed by atoms with Gasteiger partial charge in [0.15, 0.2) is 6.23 Å². The van der Waals surface area contributed by atoms with E-state index in [0.29, 0.717) is 12.1 Å². The minimum absolute atomic E-state index is 0.0254. The molecule has 0 aromatic heterocycles. The third-order valence-corrected chi connectivity index (χ3v) is 3.63. The van der Waals surface area contributed by atoms with Crippen LogP contribution in [0.1, 0.15) is 25.6 Å². The summed E-state index contributed by atoms with van der Waals surface area (Å²) >= 11 is 0. The fraction of sp³-hybridized carbons (Fsp3) is 0.538. The average Bonchev–Trinajstić information content (AvgIpc) is 2.32. The van der Waals surface area contributed by atoms with Crippen molar-refractivity contribution in [2.45, 2.75) is 32.2 Å². The van der Waals surface area contributed by atoms with Gasteiger partial charge in [-0.3, -0.25) is 9.74 Å². The maximum atomic E-state index is 5.93. The zero-order valence-electron chi connectivity index (χ0n) is 10.4. The molecular weight excluding hydrogens is 200 g/mol. The summed E-state index contributed by atoms with van der Waals surface area (Å²) in [5.41, 5.74) is 1.20. The Bertz CT molecular complexity index is 341. The van der Waals surface area contributed by atoms with Gasteiger partial charge in [-0.25, -0.2) is 0 Å². The summed E-state index contributed by atoms with van der Waals surface area (Å²) in [6, 6.07) is 11.2. The molecule has 0 saturated carbocycles. The van der Waals surface area contributed by atoms with Gasteiger partial charge in [0.25, 0.3) is 0 Å². The molecule has 1 heterocycles. The smallest absolute Gasteiger partial charge is 0.158 e. The molecule has 0 aliphatic carbocycles. The Morgan fingerprint density at radius 3 is 2.25 bits per heavy atom. The van der Waals surface area contributed by atoms with Crippen LogP contribution in [0.4, 0.5) is 0 Å². The molecule has 0 N–H and O–H groups in total. The van der Waals surface area contributed by atoms with E-state index in [2.05, 4.69) is 50.1 Å². The van der Waals surface area contributed by atoms with Crippen molar-refractivity contribution in [1.82, 2.24) is 9.96 Å². The molecule has 2 rings (SSSR count). The Hall–Kier alpha value is -0.900. The molecule has 1 saturated heterocycles. The van der Waals surface area contributed by atoms with Gasteiger partial charge in [-0.2, -0.15) is 5.06 Å². The average molecular weight is 220 g/mol. The van der Waals surface area contributed by atoms with Crippen LogP contribution in [0.25, 0.3) is 0 Å². The van der Waals surface area contributed by atoms with Crippen LogP contribution in [-0.4, -0.2) is 36.1 Å². The molecule has 1 fully saturated rings. The Labute approximate surface area is 97.6 Å². The van der Waals surface area contributed by atoms with Gasteiger partial charge >= 0.3 is 0 Å². The third kappa shape index (κ3) is 1.98. The lowest BCUT2D eigenvalue weighted by molar-refractivity contribution is -0.295. The molecule has 1 aliphatic heterocycles. The predicted molar refractivity (Wildman–Crippen MR) is 64.7 cm³/mol. The maximum Gasteiger partial charge on any atom is 0.158 e. The Morgan fingerprint density at radius 1 is 1.00 bits per heavy atom. The summed E-state index contributed by atoms with van der Waals surface area (Å²) in [5, 5.41) is 1.96. The number of likely N-dealkylation sites (N-methyl/N-ethyl adjacent to an activating group) is 2. The normalized spacial score (nSPS) is 32.9. The second-order valence-corrected chi connectivity index (χ2v) is 4.56. The van der Waals surface area contributed by atoms with Gasteiger partial charge < -0.3 is 0 Å². The third-order valence-electron chi connectivity index (χ3n) is 3.63. The number of benzene rings is 1. The molecule has 3 atom stereocenters. The van der Waals surface area contributed by atoms with Crippen molar-refractivity contribution in [3.8, 4) is 0 Å². The largest absolute Gasteiger partial charge is 0.275 e. The van der Waals surface area contributed by atoms with E-state index < -0.39 is 0 Å². The van der Waals surface area contributed by atoms with Gasteiger partial charge in [0.05, 0.1) is 0 Å². The van der Waals surface area contributed by atoms with E-state index in [1.165, 1.54) is 5.56 Å². The summed E-state index contributed by atoms with van der Waals surface area (Å²) in [6.07, 6.45) is 0.0254. The lowest BCUT2D eigenvalue weighted by Gasteiger charge is -2.46. The zero-order valence-corrected chi connectivity index (χ0v) is 10.4. The quantitative estimate of drug-likeness (QED) is 0.722. The highest BCUT2D eigenvalue weighted by Crippen LogP contribution is 2.30. The molecule has 0 bridgehead atoms. The highest BCUT2D eigenvalue weighted by molar-refractivity contribution is 5.17. The van der Waals surface area contributed by atoms with Crippen LogP contribution in [0, 0.1) is 0 Å². The van der Waals surface area contributed by atoms with Crippen molar-refractivity contribution in [3.63, 3.8) is 0 Å². The first-order chi connectivity index (χ1) is 7.61. The molecule has 3 nitrogen and oxygen atoms in total. The maximum absolute atomic E-state index is 5.93. The molecule has 88 valence electrons. The highest BCUT2D eigenvalue weighted by atomic mass is 16.7. The van der Waals surface area contributed by atoms with E-state index in [0.717, 1.165) is 0 Å². The summed E-state index contributed by atoms with van der Waals surface area (Å²) in [5.74, 6) is 0.